The Morgan fingerprint density at radius 3 is 2.60 bits per heavy atom. The Kier molecular flexibility index (Phi) is 4.49. The number of anilines is 1. The van der Waals surface area contributed by atoms with E-state index in [0.717, 1.165) is 11.6 Å². The predicted molar refractivity (Wildman–Crippen MR) is 78.1 cm³/mol. The van der Waals surface area contributed by atoms with Gasteiger partial charge in [-0.25, -0.2) is 8.78 Å². The molecular weight excluding hydrogens is 328 g/mol. The minimum atomic E-state index is -0.873. The van der Waals surface area contributed by atoms with Gasteiger partial charge in [0.05, 0.1) is 0 Å². The summed E-state index contributed by atoms with van der Waals surface area (Å²) in [5, 5.41) is 3.07. The molecule has 0 saturated heterocycles. The summed E-state index contributed by atoms with van der Waals surface area (Å²) in [5.41, 5.74) is 1.02. The summed E-state index contributed by atoms with van der Waals surface area (Å²) in [5.74, 6) is -2.50. The molecule has 104 valence electrons. The van der Waals surface area contributed by atoms with Gasteiger partial charge < -0.3 is 5.32 Å². The lowest BCUT2D eigenvalue weighted by molar-refractivity contribution is 0.101. The Morgan fingerprint density at radius 2 is 1.90 bits per heavy atom. The van der Waals surface area contributed by atoms with Crippen LogP contribution in [-0.2, 0) is 5.33 Å². The first kappa shape index (κ1) is 14.7. The van der Waals surface area contributed by atoms with Crippen LogP contribution in [0.4, 0.5) is 14.5 Å². The Hall–Kier alpha value is -1.75. The normalized spacial score (nSPS) is 10.4. The number of hydrogen-bond donors (Lipinski definition) is 1. The van der Waals surface area contributed by atoms with E-state index in [1.165, 1.54) is 13.0 Å². The first-order valence-electron chi connectivity index (χ1n) is 5.94. The van der Waals surface area contributed by atoms with E-state index in [2.05, 4.69) is 21.2 Å². The van der Waals surface area contributed by atoms with Crippen molar-refractivity contribution in [1.82, 2.24) is 0 Å². The zero-order valence-electron chi connectivity index (χ0n) is 10.7. The maximum absolute atomic E-state index is 13.9. The minimum Gasteiger partial charge on any atom is -0.322 e. The molecule has 0 aliphatic carbocycles. The van der Waals surface area contributed by atoms with E-state index in [0.29, 0.717) is 11.0 Å². The third kappa shape index (κ3) is 2.88. The van der Waals surface area contributed by atoms with Gasteiger partial charge in [-0.1, -0.05) is 40.2 Å². The topological polar surface area (TPSA) is 29.1 Å². The highest BCUT2D eigenvalue weighted by Gasteiger charge is 2.19. The Labute approximate surface area is 123 Å². The molecule has 0 aliphatic heterocycles. The summed E-state index contributed by atoms with van der Waals surface area (Å²) in [6.45, 7) is 1.48. The van der Waals surface area contributed by atoms with Crippen LogP contribution in [0.3, 0.4) is 0 Å². The van der Waals surface area contributed by atoms with E-state index in [4.69, 9.17) is 0 Å². The fourth-order valence-corrected chi connectivity index (χ4v) is 2.30. The van der Waals surface area contributed by atoms with E-state index in [-0.39, 0.29) is 5.56 Å². The van der Waals surface area contributed by atoms with Crippen molar-refractivity contribution < 1.29 is 13.6 Å². The number of hydrogen-bond acceptors (Lipinski definition) is 1. The number of benzene rings is 2. The van der Waals surface area contributed by atoms with Gasteiger partial charge in [-0.15, -0.1) is 0 Å². The van der Waals surface area contributed by atoms with Crippen molar-refractivity contribution in [3.8, 4) is 0 Å². The monoisotopic (exact) mass is 339 g/mol. The van der Waals surface area contributed by atoms with Crippen LogP contribution in [-0.4, -0.2) is 5.91 Å². The molecule has 0 aromatic heterocycles. The van der Waals surface area contributed by atoms with Gasteiger partial charge >= 0.3 is 0 Å². The van der Waals surface area contributed by atoms with Crippen molar-refractivity contribution in [3.05, 3.63) is 64.7 Å². The lowest BCUT2D eigenvalue weighted by atomic mass is 10.1. The van der Waals surface area contributed by atoms with Crippen molar-refractivity contribution in [2.24, 2.45) is 0 Å². The number of para-hydroxylation sites is 1. The summed E-state index contributed by atoms with van der Waals surface area (Å²) >= 11 is 3.30. The maximum Gasteiger partial charge on any atom is 0.261 e. The number of halogens is 3. The Balaban J connectivity index is 2.36. The van der Waals surface area contributed by atoms with Gasteiger partial charge in [0.15, 0.2) is 0 Å². The van der Waals surface area contributed by atoms with Gasteiger partial charge in [0, 0.05) is 11.0 Å². The third-order valence-corrected chi connectivity index (χ3v) is 3.52. The molecule has 20 heavy (non-hydrogen) atoms. The maximum atomic E-state index is 13.9. The van der Waals surface area contributed by atoms with E-state index in [9.17, 15) is 13.6 Å². The van der Waals surface area contributed by atoms with Crippen molar-refractivity contribution in [2.45, 2.75) is 12.3 Å². The molecule has 0 saturated carbocycles. The molecule has 1 amide bonds. The van der Waals surface area contributed by atoms with Gasteiger partial charge in [0.25, 0.3) is 5.91 Å². The van der Waals surface area contributed by atoms with Gasteiger partial charge in [-0.2, -0.15) is 0 Å². The quantitative estimate of drug-likeness (QED) is 0.824. The molecule has 0 unspecified atom stereocenters. The molecule has 0 fully saturated rings. The molecule has 0 bridgehead atoms. The summed E-state index contributed by atoms with van der Waals surface area (Å²) < 4.78 is 27.5. The highest BCUT2D eigenvalue weighted by atomic mass is 79.9. The molecule has 5 heteroatoms. The molecule has 2 aromatic rings. The van der Waals surface area contributed by atoms with Crippen molar-refractivity contribution in [2.75, 3.05) is 5.32 Å². The number of amides is 1. The number of aryl methyl sites for hydroxylation is 1. The van der Waals surface area contributed by atoms with Gasteiger partial charge in [-0.05, 0) is 30.2 Å². The molecular formula is C15H12BrF2NO. The molecule has 2 nitrogen and oxygen atoms in total. The lowest BCUT2D eigenvalue weighted by Gasteiger charge is -2.11. The van der Waals surface area contributed by atoms with Crippen molar-refractivity contribution in [3.63, 3.8) is 0 Å². The standard InChI is InChI=1S/C15H12BrF2NO/c1-9-6-7-11(17)13(14(9)18)15(20)19-12-5-3-2-4-10(12)8-16/h2-7H,8H2,1H3,(H,19,20). The second-order valence-electron chi connectivity index (χ2n) is 4.30. The van der Waals surface area contributed by atoms with Crippen molar-refractivity contribution >= 4 is 27.5 Å². The van der Waals surface area contributed by atoms with Crippen LogP contribution in [0.5, 0.6) is 0 Å². The van der Waals surface area contributed by atoms with E-state index < -0.39 is 23.1 Å². The zero-order chi connectivity index (χ0) is 14.7. The SMILES string of the molecule is Cc1ccc(F)c(C(=O)Nc2ccccc2CBr)c1F. The highest BCUT2D eigenvalue weighted by molar-refractivity contribution is 9.08. The van der Waals surface area contributed by atoms with Crippen LogP contribution in [0.2, 0.25) is 0 Å². The first-order chi connectivity index (χ1) is 9.54. The van der Waals surface area contributed by atoms with E-state index in [1.807, 2.05) is 12.1 Å². The third-order valence-electron chi connectivity index (χ3n) is 2.92. The van der Waals surface area contributed by atoms with Crippen LogP contribution in [0.15, 0.2) is 36.4 Å². The highest BCUT2D eigenvalue weighted by Crippen LogP contribution is 2.21. The molecule has 1 N–H and O–H groups in total. The molecule has 0 atom stereocenters. The molecule has 0 radical (unpaired) electrons. The average Bonchev–Trinajstić information content (AvgIpc) is 2.44. The second kappa shape index (κ2) is 6.13. The molecule has 2 aromatic carbocycles. The summed E-state index contributed by atoms with van der Waals surface area (Å²) in [7, 11) is 0. The number of nitrogens with one attached hydrogen (secondary N) is 1. The number of carbonyl (C=O) groups excluding carboxylic acids is 1. The minimum absolute atomic E-state index is 0.227. The number of carbonyl (C=O) groups is 1. The van der Waals surface area contributed by atoms with Gasteiger partial charge in [0.1, 0.15) is 17.2 Å². The lowest BCUT2D eigenvalue weighted by Crippen LogP contribution is -2.17. The molecule has 0 heterocycles. The fraction of sp³-hybridized carbons (Fsp3) is 0.133. The van der Waals surface area contributed by atoms with Crippen LogP contribution >= 0.6 is 15.9 Å². The number of rotatable bonds is 3. The molecule has 0 aliphatic rings. The van der Waals surface area contributed by atoms with E-state index in [1.54, 1.807) is 12.1 Å². The van der Waals surface area contributed by atoms with Gasteiger partial charge in [0.2, 0.25) is 0 Å². The largest absolute Gasteiger partial charge is 0.322 e. The van der Waals surface area contributed by atoms with Crippen LogP contribution in [0, 0.1) is 18.6 Å². The van der Waals surface area contributed by atoms with Crippen molar-refractivity contribution in [1.29, 1.82) is 0 Å². The first-order valence-corrected chi connectivity index (χ1v) is 7.06. The fourth-order valence-electron chi connectivity index (χ4n) is 1.81. The number of alkyl halides is 1. The summed E-state index contributed by atoms with van der Waals surface area (Å²) in [4.78, 5) is 12.1. The average molecular weight is 340 g/mol. The zero-order valence-corrected chi connectivity index (χ0v) is 12.3. The van der Waals surface area contributed by atoms with Crippen LogP contribution < -0.4 is 5.32 Å². The Bertz CT molecular complexity index is 658. The van der Waals surface area contributed by atoms with E-state index >= 15 is 0 Å². The molecule has 0 spiro atoms. The Morgan fingerprint density at radius 1 is 1.20 bits per heavy atom. The molecule has 2 rings (SSSR count). The second-order valence-corrected chi connectivity index (χ2v) is 4.86. The summed E-state index contributed by atoms with van der Waals surface area (Å²) in [6.07, 6.45) is 0. The smallest absolute Gasteiger partial charge is 0.261 e. The summed E-state index contributed by atoms with van der Waals surface area (Å²) in [6, 6.07) is 9.44. The van der Waals surface area contributed by atoms with Crippen LogP contribution in [0.25, 0.3) is 0 Å². The predicted octanol–water partition coefficient (Wildman–Crippen LogP) is 4.42. The van der Waals surface area contributed by atoms with Crippen LogP contribution in [0.1, 0.15) is 21.5 Å². The van der Waals surface area contributed by atoms with Gasteiger partial charge in [-0.3, -0.25) is 4.79 Å².